The van der Waals surface area contributed by atoms with Gasteiger partial charge in [0, 0.05) is 7.05 Å². The van der Waals surface area contributed by atoms with Crippen LogP contribution in [0.25, 0.3) is 0 Å². The topological polar surface area (TPSA) is 78.0 Å². The minimum atomic E-state index is -0.645. The van der Waals surface area contributed by atoms with Crippen molar-refractivity contribution < 1.29 is 9.72 Å². The molecule has 80 valence electrons. The Hall–Kier alpha value is -1.72. The molecule has 1 fully saturated rings. The molecule has 0 bridgehead atoms. The Labute approximate surface area is 86.0 Å². The summed E-state index contributed by atoms with van der Waals surface area (Å²) < 4.78 is 1.44. The molecule has 0 aromatic carbocycles. The average molecular weight is 209 g/mol. The van der Waals surface area contributed by atoms with Gasteiger partial charge in [0.25, 0.3) is 0 Å². The Balaban J connectivity index is 2.57. The molecule has 6 nitrogen and oxygen atoms in total. The molecule has 0 spiro atoms. The number of carbonyl (C=O) groups is 1. The predicted octanol–water partition coefficient (Wildman–Crippen LogP) is 0.949. The molecule has 0 unspecified atom stereocenters. The number of hydrogen-bond acceptors (Lipinski definition) is 4. The van der Waals surface area contributed by atoms with Crippen molar-refractivity contribution in [3.8, 4) is 0 Å². The molecule has 1 aliphatic rings. The summed E-state index contributed by atoms with van der Waals surface area (Å²) in [7, 11) is 1.63. The van der Waals surface area contributed by atoms with Crippen LogP contribution < -0.4 is 0 Å². The fourth-order valence-corrected chi connectivity index (χ4v) is 2.00. The molecule has 1 saturated carbocycles. The van der Waals surface area contributed by atoms with Crippen molar-refractivity contribution in [2.75, 3.05) is 0 Å². The zero-order valence-electron chi connectivity index (χ0n) is 8.56. The molecule has 0 saturated heterocycles. The van der Waals surface area contributed by atoms with E-state index in [1.807, 2.05) is 0 Å². The van der Waals surface area contributed by atoms with Crippen molar-refractivity contribution in [3.63, 3.8) is 0 Å². The van der Waals surface area contributed by atoms with Gasteiger partial charge in [-0.05, 0) is 19.8 Å². The maximum atomic E-state index is 11.5. The van der Waals surface area contributed by atoms with E-state index in [1.165, 1.54) is 17.8 Å². The minimum absolute atomic E-state index is 0.0193. The van der Waals surface area contributed by atoms with Crippen LogP contribution in [0.2, 0.25) is 0 Å². The van der Waals surface area contributed by atoms with E-state index < -0.39 is 10.3 Å². The molecule has 6 heteroatoms. The number of nitrogens with zero attached hydrogens (tertiary/aromatic N) is 3. The lowest BCUT2D eigenvalue weighted by Crippen LogP contribution is -2.21. The largest absolute Gasteiger partial charge is 0.311 e. The van der Waals surface area contributed by atoms with Crippen LogP contribution in [0.4, 0.5) is 5.69 Å². The lowest BCUT2D eigenvalue weighted by molar-refractivity contribution is -0.385. The lowest BCUT2D eigenvalue weighted by atomic mass is 9.97. The number of hydrogen-bond donors (Lipinski definition) is 0. The fourth-order valence-electron chi connectivity index (χ4n) is 2.00. The molecule has 0 N–H and O–H groups in total. The smallest absolute Gasteiger partial charge is 0.299 e. The normalized spacial score (nSPS) is 17.5. The van der Waals surface area contributed by atoms with Crippen LogP contribution in [-0.2, 0) is 17.3 Å². The predicted molar refractivity (Wildman–Crippen MR) is 51.5 cm³/mol. The zero-order valence-corrected chi connectivity index (χ0v) is 8.56. The number of rotatable bonds is 3. The van der Waals surface area contributed by atoms with Gasteiger partial charge in [0.05, 0.1) is 10.3 Å². The van der Waals surface area contributed by atoms with Crippen molar-refractivity contribution in [1.29, 1.82) is 0 Å². The van der Waals surface area contributed by atoms with Crippen LogP contribution in [0.3, 0.4) is 0 Å². The summed E-state index contributed by atoms with van der Waals surface area (Å²) in [5.74, 6) is -0.0193. The molecule has 1 aromatic heterocycles. The fraction of sp³-hybridized carbons (Fsp3) is 0.556. The van der Waals surface area contributed by atoms with E-state index in [0.29, 0.717) is 18.5 Å². The molecule has 0 atom stereocenters. The lowest BCUT2D eigenvalue weighted by Gasteiger charge is -2.10. The molecular weight excluding hydrogens is 198 g/mol. The van der Waals surface area contributed by atoms with E-state index in [2.05, 4.69) is 5.10 Å². The van der Waals surface area contributed by atoms with Gasteiger partial charge in [-0.1, -0.05) is 0 Å². The zero-order chi connectivity index (χ0) is 11.2. The quantitative estimate of drug-likeness (QED) is 0.548. The van der Waals surface area contributed by atoms with Crippen LogP contribution in [0, 0.1) is 10.1 Å². The monoisotopic (exact) mass is 209 g/mol. The molecule has 0 amide bonds. The highest BCUT2D eigenvalue weighted by atomic mass is 16.6. The summed E-state index contributed by atoms with van der Waals surface area (Å²) in [6.07, 6.45) is 2.57. The molecular formula is C9H11N3O3. The number of nitro groups is 1. The third kappa shape index (κ3) is 1.25. The van der Waals surface area contributed by atoms with Crippen LogP contribution in [-0.4, -0.2) is 20.5 Å². The summed E-state index contributed by atoms with van der Waals surface area (Å²) in [6, 6.07) is 0. The first-order valence-corrected chi connectivity index (χ1v) is 4.67. The molecule has 1 aliphatic carbocycles. The van der Waals surface area contributed by atoms with Crippen LogP contribution in [0.1, 0.15) is 25.5 Å². The van der Waals surface area contributed by atoms with Gasteiger partial charge in [0.1, 0.15) is 17.7 Å². The highest BCUT2D eigenvalue weighted by Crippen LogP contribution is 2.51. The van der Waals surface area contributed by atoms with Gasteiger partial charge < -0.3 is 0 Å². The number of aryl methyl sites for hydroxylation is 1. The van der Waals surface area contributed by atoms with Crippen molar-refractivity contribution in [3.05, 3.63) is 22.0 Å². The Bertz CT molecular complexity index is 445. The van der Waals surface area contributed by atoms with Gasteiger partial charge in [-0.15, -0.1) is 0 Å². The second kappa shape index (κ2) is 2.88. The van der Waals surface area contributed by atoms with Gasteiger partial charge >= 0.3 is 5.69 Å². The van der Waals surface area contributed by atoms with E-state index in [9.17, 15) is 14.9 Å². The SMILES string of the molecule is CC(=O)C1(c2c([N+](=O)[O-])cnn2C)CC1. The van der Waals surface area contributed by atoms with E-state index >= 15 is 0 Å². The molecule has 1 heterocycles. The first-order chi connectivity index (χ1) is 6.99. The van der Waals surface area contributed by atoms with E-state index in [-0.39, 0.29) is 11.5 Å². The number of Topliss-reactive ketones (excluding diaryl/α,β-unsaturated/α-hetero) is 1. The Morgan fingerprint density at radius 2 is 2.27 bits per heavy atom. The Morgan fingerprint density at radius 3 is 2.67 bits per heavy atom. The number of aromatic nitrogens is 2. The highest BCUT2D eigenvalue weighted by Gasteiger charge is 2.54. The maximum Gasteiger partial charge on any atom is 0.311 e. The van der Waals surface area contributed by atoms with Crippen LogP contribution in [0.5, 0.6) is 0 Å². The summed E-state index contributed by atoms with van der Waals surface area (Å²) in [5.41, 5.74) is -0.251. The molecule has 0 radical (unpaired) electrons. The minimum Gasteiger partial charge on any atom is -0.299 e. The third-order valence-electron chi connectivity index (χ3n) is 2.99. The summed E-state index contributed by atoms with van der Waals surface area (Å²) >= 11 is 0. The molecule has 2 rings (SSSR count). The van der Waals surface area contributed by atoms with Gasteiger partial charge in [-0.2, -0.15) is 5.10 Å². The van der Waals surface area contributed by atoms with Gasteiger partial charge in [0.15, 0.2) is 0 Å². The summed E-state index contributed by atoms with van der Waals surface area (Å²) in [6.45, 7) is 1.48. The Morgan fingerprint density at radius 1 is 1.67 bits per heavy atom. The van der Waals surface area contributed by atoms with E-state index in [4.69, 9.17) is 0 Å². The maximum absolute atomic E-state index is 11.5. The molecule has 1 aromatic rings. The van der Waals surface area contributed by atoms with Crippen molar-refractivity contribution in [2.45, 2.75) is 25.2 Å². The third-order valence-corrected chi connectivity index (χ3v) is 2.99. The van der Waals surface area contributed by atoms with Crippen molar-refractivity contribution in [1.82, 2.24) is 9.78 Å². The van der Waals surface area contributed by atoms with Crippen LogP contribution >= 0.6 is 0 Å². The first kappa shape index (κ1) is 9.82. The van der Waals surface area contributed by atoms with Crippen molar-refractivity contribution >= 4 is 11.5 Å². The highest BCUT2D eigenvalue weighted by molar-refractivity contribution is 5.91. The number of ketones is 1. The van der Waals surface area contributed by atoms with Crippen LogP contribution in [0.15, 0.2) is 6.20 Å². The first-order valence-electron chi connectivity index (χ1n) is 4.67. The van der Waals surface area contributed by atoms with Crippen molar-refractivity contribution in [2.24, 2.45) is 7.05 Å². The summed E-state index contributed by atoms with van der Waals surface area (Å²) in [4.78, 5) is 21.8. The second-order valence-corrected chi connectivity index (χ2v) is 3.90. The summed E-state index contributed by atoms with van der Waals surface area (Å²) in [5, 5.41) is 14.6. The van der Waals surface area contributed by atoms with E-state index in [1.54, 1.807) is 7.05 Å². The molecule has 15 heavy (non-hydrogen) atoms. The standard InChI is InChI=1S/C9H11N3O3/c1-6(13)9(3-4-9)8-7(12(14)15)5-10-11(8)2/h5H,3-4H2,1-2H3. The van der Waals surface area contributed by atoms with Gasteiger partial charge in [-0.3, -0.25) is 19.6 Å². The van der Waals surface area contributed by atoms with Gasteiger partial charge in [0.2, 0.25) is 0 Å². The Kier molecular flexibility index (Phi) is 1.89. The second-order valence-electron chi connectivity index (χ2n) is 3.90. The average Bonchev–Trinajstić information content (AvgIpc) is 2.85. The van der Waals surface area contributed by atoms with Gasteiger partial charge in [-0.25, -0.2) is 0 Å². The number of carbonyl (C=O) groups excluding carboxylic acids is 1. The molecule has 0 aliphatic heterocycles. The van der Waals surface area contributed by atoms with E-state index in [0.717, 1.165) is 0 Å².